The van der Waals surface area contributed by atoms with Gasteiger partial charge in [0.2, 0.25) is 5.88 Å². The van der Waals surface area contributed by atoms with E-state index in [4.69, 9.17) is 5.73 Å². The topological polar surface area (TPSA) is 137 Å². The molecule has 190 valence electrons. The zero-order valence-corrected chi connectivity index (χ0v) is 19.2. The van der Waals surface area contributed by atoms with Gasteiger partial charge >= 0.3 is 6.18 Å². The maximum atomic E-state index is 14.7. The summed E-state index contributed by atoms with van der Waals surface area (Å²) >= 11 is 0. The number of ether oxygens (including phenoxy) is 1. The number of nitrogens with two attached hydrogens (primary N) is 1. The van der Waals surface area contributed by atoms with Crippen molar-refractivity contribution in [2.45, 2.75) is 30.3 Å². The van der Waals surface area contributed by atoms with Crippen LogP contribution in [0.25, 0.3) is 0 Å². The van der Waals surface area contributed by atoms with Crippen molar-refractivity contribution in [3.63, 3.8) is 0 Å². The highest BCUT2D eigenvalue weighted by atomic mass is 32.2. The maximum Gasteiger partial charge on any atom is 0.422 e. The lowest BCUT2D eigenvalue weighted by molar-refractivity contribution is -0.154. The van der Waals surface area contributed by atoms with Crippen molar-refractivity contribution in [3.8, 4) is 5.88 Å². The van der Waals surface area contributed by atoms with E-state index in [2.05, 4.69) is 25.0 Å². The van der Waals surface area contributed by atoms with Crippen molar-refractivity contribution in [2.24, 2.45) is 10.7 Å². The van der Waals surface area contributed by atoms with Gasteiger partial charge in [0.25, 0.3) is 5.91 Å². The number of benzene rings is 1. The van der Waals surface area contributed by atoms with Gasteiger partial charge in [-0.05, 0) is 32.0 Å². The third kappa shape index (κ3) is 5.33. The van der Waals surface area contributed by atoms with E-state index in [1.807, 2.05) is 0 Å². The van der Waals surface area contributed by atoms with Gasteiger partial charge in [-0.3, -0.25) is 9.79 Å². The van der Waals surface area contributed by atoms with E-state index in [9.17, 15) is 35.2 Å². The van der Waals surface area contributed by atoms with Crippen LogP contribution in [0.15, 0.2) is 35.6 Å². The molecule has 35 heavy (non-hydrogen) atoms. The molecule has 0 aliphatic carbocycles. The van der Waals surface area contributed by atoms with Crippen LogP contribution < -0.4 is 15.8 Å². The van der Waals surface area contributed by atoms with Gasteiger partial charge in [0, 0.05) is 11.3 Å². The zero-order chi connectivity index (χ0) is 26.2. The fourth-order valence-corrected chi connectivity index (χ4v) is 4.80. The Morgan fingerprint density at radius 3 is 2.46 bits per heavy atom. The molecule has 15 heteroatoms. The standard InChI is InChI=1S/C20H20F5N5O4S/c1-18(2)17(26)30-19(8-21,10-35(18,32)33)12-5-11(3-4-13(12)22)29-16(31)14-6-28-15(7-27-14)34-9-20(23,24)25/h3-7H,8-10H2,1-2H3,(H2,26,30)(H,29,31)/t19-/m0/s1. The molecule has 0 unspecified atom stereocenters. The number of aromatic nitrogens is 2. The summed E-state index contributed by atoms with van der Waals surface area (Å²) in [6.07, 6.45) is -2.92. The first kappa shape index (κ1) is 26.2. The smallest absolute Gasteiger partial charge is 0.422 e. The molecular weight excluding hydrogens is 501 g/mol. The molecule has 0 spiro atoms. The van der Waals surface area contributed by atoms with Crippen LogP contribution in [0.5, 0.6) is 5.88 Å². The summed E-state index contributed by atoms with van der Waals surface area (Å²) in [5.74, 6) is -3.57. The van der Waals surface area contributed by atoms with Crippen molar-refractivity contribution in [1.29, 1.82) is 0 Å². The summed E-state index contributed by atoms with van der Waals surface area (Å²) in [4.78, 5) is 23.7. The molecule has 9 nitrogen and oxygen atoms in total. The second kappa shape index (κ2) is 9.02. The van der Waals surface area contributed by atoms with E-state index >= 15 is 0 Å². The van der Waals surface area contributed by atoms with Crippen molar-refractivity contribution < 1.29 is 39.9 Å². The number of rotatable bonds is 6. The van der Waals surface area contributed by atoms with Crippen LogP contribution >= 0.6 is 0 Å². The molecular formula is C20H20F5N5O4S. The molecule has 0 bridgehead atoms. The van der Waals surface area contributed by atoms with Gasteiger partial charge in [-0.15, -0.1) is 0 Å². The third-order valence-corrected chi connectivity index (χ3v) is 7.97. The summed E-state index contributed by atoms with van der Waals surface area (Å²) in [7, 11) is -4.04. The second-order valence-electron chi connectivity index (χ2n) is 8.22. The molecule has 0 saturated carbocycles. The monoisotopic (exact) mass is 521 g/mol. The number of hydrogen-bond acceptors (Lipinski definition) is 8. The molecule has 1 aromatic carbocycles. The van der Waals surface area contributed by atoms with Crippen LogP contribution in [-0.2, 0) is 15.4 Å². The van der Waals surface area contributed by atoms with Gasteiger partial charge in [-0.2, -0.15) is 13.2 Å². The van der Waals surface area contributed by atoms with E-state index in [0.717, 1.165) is 30.6 Å². The molecule has 1 atom stereocenters. The third-order valence-electron chi connectivity index (χ3n) is 5.35. The molecule has 1 aliphatic rings. The number of carbonyl (C=O) groups excluding carboxylic acids is 1. The molecule has 1 amide bonds. The highest BCUT2D eigenvalue weighted by molar-refractivity contribution is 7.93. The average molecular weight is 521 g/mol. The Balaban J connectivity index is 1.87. The molecule has 3 N–H and O–H groups in total. The Morgan fingerprint density at radius 2 is 1.91 bits per heavy atom. The lowest BCUT2D eigenvalue weighted by Gasteiger charge is -2.38. The van der Waals surface area contributed by atoms with Crippen molar-refractivity contribution in [3.05, 3.63) is 47.7 Å². The van der Waals surface area contributed by atoms with Gasteiger partial charge in [0.15, 0.2) is 16.4 Å². The molecule has 0 radical (unpaired) electrons. The van der Waals surface area contributed by atoms with Crippen molar-refractivity contribution in [2.75, 3.05) is 24.4 Å². The number of halogens is 5. The lowest BCUT2D eigenvalue weighted by Crippen LogP contribution is -2.56. The van der Waals surface area contributed by atoms with Crippen LogP contribution in [0.2, 0.25) is 0 Å². The second-order valence-corrected chi connectivity index (χ2v) is 10.8. The summed E-state index contributed by atoms with van der Waals surface area (Å²) in [6.45, 7) is -0.377. The molecule has 1 aromatic heterocycles. The number of nitrogens with zero attached hydrogens (tertiary/aromatic N) is 3. The Morgan fingerprint density at radius 1 is 1.23 bits per heavy atom. The quantitative estimate of drug-likeness (QED) is 0.558. The number of amides is 1. The molecule has 3 rings (SSSR count). The van der Waals surface area contributed by atoms with Crippen LogP contribution in [0.3, 0.4) is 0 Å². The number of carbonyl (C=O) groups is 1. The van der Waals surface area contributed by atoms with Gasteiger partial charge in [-0.1, -0.05) is 0 Å². The number of sulfone groups is 1. The van der Waals surface area contributed by atoms with E-state index in [1.54, 1.807) is 0 Å². The van der Waals surface area contributed by atoms with Crippen molar-refractivity contribution in [1.82, 2.24) is 9.97 Å². The van der Waals surface area contributed by atoms with Gasteiger partial charge < -0.3 is 15.8 Å². The summed E-state index contributed by atoms with van der Waals surface area (Å²) in [6, 6.07) is 3.04. The summed E-state index contributed by atoms with van der Waals surface area (Å²) in [5, 5.41) is 2.35. The minimum absolute atomic E-state index is 0.0607. The number of aliphatic imine (C=N–C) groups is 1. The minimum Gasteiger partial charge on any atom is -0.467 e. The Kier molecular flexibility index (Phi) is 6.76. The number of hydrogen-bond donors (Lipinski definition) is 2. The van der Waals surface area contributed by atoms with E-state index < -0.39 is 74.3 Å². The SMILES string of the molecule is CC1(C)C(N)=N[C@](CF)(c2cc(NC(=O)c3cnc(OCC(F)(F)F)cn3)ccc2F)CS1(=O)=O. The normalized spacial score (nSPS) is 21.2. The number of alkyl halides is 4. The maximum absolute atomic E-state index is 14.7. The first-order valence-corrected chi connectivity index (χ1v) is 11.5. The largest absolute Gasteiger partial charge is 0.467 e. The number of nitrogens with one attached hydrogen (secondary N) is 1. The van der Waals surface area contributed by atoms with Gasteiger partial charge in [-0.25, -0.2) is 27.2 Å². The number of amidine groups is 1. The molecule has 0 fully saturated rings. The molecule has 2 aromatic rings. The zero-order valence-electron chi connectivity index (χ0n) is 18.4. The van der Waals surface area contributed by atoms with E-state index in [1.165, 1.54) is 13.8 Å². The first-order valence-electron chi connectivity index (χ1n) is 9.87. The highest BCUT2D eigenvalue weighted by Gasteiger charge is 2.52. The summed E-state index contributed by atoms with van der Waals surface area (Å²) < 4.78 is 93.9. The fraction of sp³-hybridized carbons (Fsp3) is 0.400. The molecule has 1 aliphatic heterocycles. The highest BCUT2D eigenvalue weighted by Crippen LogP contribution is 2.39. The number of anilines is 1. The van der Waals surface area contributed by atoms with Crippen LogP contribution in [0.1, 0.15) is 29.9 Å². The van der Waals surface area contributed by atoms with E-state index in [0.29, 0.717) is 0 Å². The van der Waals surface area contributed by atoms with Crippen LogP contribution in [0.4, 0.5) is 27.6 Å². The van der Waals surface area contributed by atoms with E-state index in [-0.39, 0.29) is 11.4 Å². The van der Waals surface area contributed by atoms with Crippen LogP contribution in [-0.4, -0.2) is 60.1 Å². The predicted molar refractivity (Wildman–Crippen MR) is 115 cm³/mol. The molecule has 2 heterocycles. The van der Waals surface area contributed by atoms with Crippen LogP contribution in [0, 0.1) is 5.82 Å². The average Bonchev–Trinajstić information content (AvgIpc) is 2.77. The molecule has 0 saturated heterocycles. The van der Waals surface area contributed by atoms with Crippen molar-refractivity contribution >= 4 is 27.3 Å². The fourth-order valence-electron chi connectivity index (χ4n) is 3.15. The van der Waals surface area contributed by atoms with Gasteiger partial charge in [0.1, 0.15) is 34.3 Å². The first-order chi connectivity index (χ1) is 16.1. The Labute approximate surface area is 196 Å². The Bertz CT molecular complexity index is 1270. The minimum atomic E-state index is -4.59. The Hall–Kier alpha value is -3.36. The summed E-state index contributed by atoms with van der Waals surface area (Å²) in [5.41, 5.74) is 2.81. The predicted octanol–water partition coefficient (Wildman–Crippen LogP) is 2.54. The lowest BCUT2D eigenvalue weighted by atomic mass is 9.92. The van der Waals surface area contributed by atoms with Gasteiger partial charge in [0.05, 0.1) is 18.1 Å².